The lowest BCUT2D eigenvalue weighted by Crippen LogP contribution is -2.32. The lowest BCUT2D eigenvalue weighted by Gasteiger charge is -2.30. The van der Waals surface area contributed by atoms with Gasteiger partial charge in [0.1, 0.15) is 9.39 Å². The average molecular weight is 457 g/mol. The smallest absolute Gasteiger partial charge is 0.161 e. The standard InChI is InChI=1S/C17H11Cl2IN2O/c18-12-6-7-13(14(19)10-12)17(23,11-4-2-1-3-5-11)15-16(20)22-9-8-21-15/h1-10,23H. The highest BCUT2D eigenvalue weighted by atomic mass is 127. The number of hydrogen-bond donors (Lipinski definition) is 1. The molecular formula is C17H11Cl2IN2O. The third-order valence-electron chi connectivity index (χ3n) is 3.51. The summed E-state index contributed by atoms with van der Waals surface area (Å²) >= 11 is 14.4. The summed E-state index contributed by atoms with van der Waals surface area (Å²) in [4.78, 5) is 8.59. The summed E-state index contributed by atoms with van der Waals surface area (Å²) in [6.07, 6.45) is 3.13. The van der Waals surface area contributed by atoms with Crippen molar-refractivity contribution in [1.82, 2.24) is 9.97 Å². The van der Waals surface area contributed by atoms with E-state index in [1.54, 1.807) is 30.6 Å². The second-order valence-corrected chi connectivity index (χ2v) is 6.76. The minimum atomic E-state index is -1.52. The SMILES string of the molecule is OC(c1ccccc1)(c1ccc(Cl)cc1Cl)c1nccnc1I. The molecule has 0 saturated carbocycles. The molecule has 1 unspecified atom stereocenters. The molecule has 0 aliphatic heterocycles. The third kappa shape index (κ3) is 3.08. The van der Waals surface area contributed by atoms with Crippen LogP contribution in [0, 0.1) is 3.70 Å². The van der Waals surface area contributed by atoms with Crippen LogP contribution in [-0.4, -0.2) is 15.1 Å². The highest BCUT2D eigenvalue weighted by Crippen LogP contribution is 2.40. The summed E-state index contributed by atoms with van der Waals surface area (Å²) in [5.41, 5.74) is 0.0695. The molecule has 0 saturated heterocycles. The van der Waals surface area contributed by atoms with Crippen molar-refractivity contribution >= 4 is 45.8 Å². The Morgan fingerprint density at radius 3 is 2.30 bits per heavy atom. The molecule has 1 aromatic heterocycles. The quantitative estimate of drug-likeness (QED) is 0.582. The van der Waals surface area contributed by atoms with E-state index in [9.17, 15) is 5.11 Å². The summed E-state index contributed by atoms with van der Waals surface area (Å²) < 4.78 is 0.600. The van der Waals surface area contributed by atoms with Gasteiger partial charge >= 0.3 is 0 Å². The number of rotatable bonds is 3. The molecule has 6 heteroatoms. The number of aromatic nitrogens is 2. The van der Waals surface area contributed by atoms with E-state index in [2.05, 4.69) is 32.6 Å². The summed E-state index contributed by atoms with van der Waals surface area (Å²) in [5.74, 6) is 0. The van der Waals surface area contributed by atoms with Crippen molar-refractivity contribution in [2.24, 2.45) is 0 Å². The highest BCUT2D eigenvalue weighted by molar-refractivity contribution is 14.1. The molecule has 0 fully saturated rings. The van der Waals surface area contributed by atoms with E-state index in [0.29, 0.717) is 30.6 Å². The maximum absolute atomic E-state index is 11.6. The first-order valence-electron chi connectivity index (χ1n) is 6.74. The molecule has 3 nitrogen and oxygen atoms in total. The molecule has 116 valence electrons. The zero-order valence-corrected chi connectivity index (χ0v) is 15.4. The van der Waals surface area contributed by atoms with Crippen LogP contribution in [0.4, 0.5) is 0 Å². The van der Waals surface area contributed by atoms with Gasteiger partial charge < -0.3 is 5.11 Å². The van der Waals surface area contributed by atoms with E-state index in [1.807, 2.05) is 30.3 Å². The van der Waals surface area contributed by atoms with Gasteiger partial charge in [-0.3, -0.25) is 4.98 Å². The Morgan fingerprint density at radius 1 is 0.957 bits per heavy atom. The largest absolute Gasteiger partial charge is 0.374 e. The Bertz CT molecular complexity index is 845. The molecule has 23 heavy (non-hydrogen) atoms. The van der Waals surface area contributed by atoms with E-state index in [0.717, 1.165) is 0 Å². The van der Waals surface area contributed by atoms with Crippen LogP contribution in [-0.2, 0) is 5.60 Å². The van der Waals surface area contributed by atoms with Crippen molar-refractivity contribution in [3.63, 3.8) is 0 Å². The number of halogens is 3. The van der Waals surface area contributed by atoms with Gasteiger partial charge in [-0.1, -0.05) is 59.6 Å². The first-order chi connectivity index (χ1) is 11.0. The highest BCUT2D eigenvalue weighted by Gasteiger charge is 2.39. The summed E-state index contributed by atoms with van der Waals surface area (Å²) in [6.45, 7) is 0. The van der Waals surface area contributed by atoms with E-state index >= 15 is 0 Å². The molecule has 0 spiro atoms. The fraction of sp³-hybridized carbons (Fsp3) is 0.0588. The van der Waals surface area contributed by atoms with Gasteiger partial charge in [-0.2, -0.15) is 0 Å². The van der Waals surface area contributed by atoms with Crippen molar-refractivity contribution < 1.29 is 5.11 Å². The first-order valence-corrected chi connectivity index (χ1v) is 8.57. The Balaban J connectivity index is 2.33. The van der Waals surface area contributed by atoms with Crippen LogP contribution in [0.3, 0.4) is 0 Å². The molecule has 1 heterocycles. The predicted octanol–water partition coefficient (Wildman–Crippen LogP) is 4.67. The van der Waals surface area contributed by atoms with E-state index in [1.165, 1.54) is 0 Å². The molecule has 3 rings (SSSR count). The van der Waals surface area contributed by atoms with Crippen LogP contribution < -0.4 is 0 Å². The van der Waals surface area contributed by atoms with Crippen LogP contribution in [0.2, 0.25) is 10.0 Å². The topological polar surface area (TPSA) is 46.0 Å². The van der Waals surface area contributed by atoms with Gasteiger partial charge in [0.05, 0.1) is 0 Å². The van der Waals surface area contributed by atoms with Crippen LogP contribution in [0.1, 0.15) is 16.8 Å². The number of hydrogen-bond acceptors (Lipinski definition) is 3. The van der Waals surface area contributed by atoms with Crippen molar-refractivity contribution in [2.45, 2.75) is 5.60 Å². The number of nitrogens with zero attached hydrogens (tertiary/aromatic N) is 2. The van der Waals surface area contributed by atoms with Crippen molar-refractivity contribution in [3.05, 3.63) is 91.5 Å². The minimum Gasteiger partial charge on any atom is -0.374 e. The van der Waals surface area contributed by atoms with E-state index < -0.39 is 5.60 Å². The first kappa shape index (κ1) is 16.6. The van der Waals surface area contributed by atoms with Crippen molar-refractivity contribution in [1.29, 1.82) is 0 Å². The molecule has 2 aromatic carbocycles. The predicted molar refractivity (Wildman–Crippen MR) is 99.8 cm³/mol. The van der Waals surface area contributed by atoms with Crippen LogP contribution in [0.15, 0.2) is 60.9 Å². The van der Waals surface area contributed by atoms with Crippen molar-refractivity contribution in [2.75, 3.05) is 0 Å². The lowest BCUT2D eigenvalue weighted by molar-refractivity contribution is 0.119. The molecule has 0 aliphatic carbocycles. The van der Waals surface area contributed by atoms with E-state index in [-0.39, 0.29) is 0 Å². The van der Waals surface area contributed by atoms with Gasteiger partial charge in [0.15, 0.2) is 5.60 Å². The fourth-order valence-corrected chi connectivity index (χ4v) is 3.68. The van der Waals surface area contributed by atoms with Crippen LogP contribution in [0.25, 0.3) is 0 Å². The molecule has 3 aromatic rings. The molecule has 1 N–H and O–H groups in total. The zero-order valence-electron chi connectivity index (χ0n) is 11.7. The lowest BCUT2D eigenvalue weighted by atomic mass is 9.83. The fourth-order valence-electron chi connectivity index (χ4n) is 2.45. The summed E-state index contributed by atoms with van der Waals surface area (Å²) in [5, 5.41) is 12.5. The van der Waals surface area contributed by atoms with Gasteiger partial charge in [0.25, 0.3) is 0 Å². The summed E-state index contributed by atoms with van der Waals surface area (Å²) in [7, 11) is 0. The molecular weight excluding hydrogens is 446 g/mol. The molecule has 0 amide bonds. The molecule has 0 bridgehead atoms. The maximum Gasteiger partial charge on any atom is 0.161 e. The van der Waals surface area contributed by atoms with Crippen LogP contribution >= 0.6 is 45.8 Å². The Kier molecular flexibility index (Phi) is 4.87. The zero-order chi connectivity index (χ0) is 16.4. The second kappa shape index (κ2) is 6.73. The van der Waals surface area contributed by atoms with Crippen molar-refractivity contribution in [3.8, 4) is 0 Å². The Hall–Kier alpha value is -1.21. The van der Waals surface area contributed by atoms with Gasteiger partial charge in [-0.15, -0.1) is 0 Å². The average Bonchev–Trinajstić information content (AvgIpc) is 2.55. The number of benzene rings is 2. The van der Waals surface area contributed by atoms with Gasteiger partial charge in [0, 0.05) is 28.0 Å². The van der Waals surface area contributed by atoms with Gasteiger partial charge in [-0.05, 0) is 40.3 Å². The third-order valence-corrected chi connectivity index (χ3v) is 4.85. The molecule has 1 atom stereocenters. The number of aliphatic hydroxyl groups is 1. The Morgan fingerprint density at radius 2 is 1.65 bits per heavy atom. The van der Waals surface area contributed by atoms with E-state index in [4.69, 9.17) is 23.2 Å². The second-order valence-electron chi connectivity index (χ2n) is 4.90. The van der Waals surface area contributed by atoms with Gasteiger partial charge in [-0.25, -0.2) is 4.98 Å². The van der Waals surface area contributed by atoms with Gasteiger partial charge in [0.2, 0.25) is 0 Å². The monoisotopic (exact) mass is 456 g/mol. The van der Waals surface area contributed by atoms with Crippen LogP contribution in [0.5, 0.6) is 0 Å². The maximum atomic E-state index is 11.6. The molecule has 0 radical (unpaired) electrons. The molecule has 0 aliphatic rings. The normalized spacial score (nSPS) is 13.6. The summed E-state index contributed by atoms with van der Waals surface area (Å²) in [6, 6.07) is 14.3. The minimum absolute atomic E-state index is 0.366. The Labute approximate surface area is 157 Å².